The molecule has 0 saturated carbocycles. The van der Waals surface area contributed by atoms with Gasteiger partial charge in [-0.05, 0) is 31.5 Å². The highest BCUT2D eigenvalue weighted by molar-refractivity contribution is 9.09. The van der Waals surface area contributed by atoms with Gasteiger partial charge in [-0.25, -0.2) is 0 Å². The van der Waals surface area contributed by atoms with Gasteiger partial charge in [0.1, 0.15) is 5.58 Å². The van der Waals surface area contributed by atoms with Crippen LogP contribution in [0.5, 0.6) is 0 Å². The summed E-state index contributed by atoms with van der Waals surface area (Å²) in [6.45, 7) is 3.93. The Morgan fingerprint density at radius 2 is 2.20 bits per heavy atom. The van der Waals surface area contributed by atoms with Gasteiger partial charge in [0.05, 0.1) is 6.61 Å². The van der Waals surface area contributed by atoms with Gasteiger partial charge in [0.2, 0.25) is 0 Å². The first-order valence-corrected chi connectivity index (χ1v) is 7.75. The molecular weight excluding hydrogens is 322 g/mol. The Hall–Kier alpha value is -1.33. The number of rotatable bonds is 7. The van der Waals surface area contributed by atoms with Crippen molar-refractivity contribution in [2.75, 3.05) is 25.1 Å². The molecule has 2 aromatic rings. The molecule has 1 aromatic heterocycles. The van der Waals surface area contributed by atoms with Crippen LogP contribution in [0.3, 0.4) is 0 Å². The number of amides is 1. The van der Waals surface area contributed by atoms with Gasteiger partial charge in [0.25, 0.3) is 5.91 Å². The van der Waals surface area contributed by atoms with Crippen molar-refractivity contribution in [3.8, 4) is 0 Å². The van der Waals surface area contributed by atoms with Crippen molar-refractivity contribution in [1.29, 1.82) is 0 Å². The topological polar surface area (TPSA) is 51.5 Å². The van der Waals surface area contributed by atoms with Crippen LogP contribution in [0.1, 0.15) is 22.5 Å². The van der Waals surface area contributed by atoms with Gasteiger partial charge in [0.15, 0.2) is 5.76 Å². The first kappa shape index (κ1) is 15.1. The predicted octanol–water partition coefficient (Wildman–Crippen LogP) is 3.27. The smallest absolute Gasteiger partial charge is 0.287 e. The molecule has 20 heavy (non-hydrogen) atoms. The molecule has 0 spiro atoms. The number of hydrogen-bond acceptors (Lipinski definition) is 3. The van der Waals surface area contributed by atoms with E-state index in [1.54, 1.807) is 6.07 Å². The van der Waals surface area contributed by atoms with Crippen LogP contribution < -0.4 is 5.32 Å². The van der Waals surface area contributed by atoms with Crippen molar-refractivity contribution in [3.05, 3.63) is 35.6 Å². The summed E-state index contributed by atoms with van der Waals surface area (Å²) in [5.41, 5.74) is 1.88. The molecule has 0 aliphatic carbocycles. The number of nitrogens with one attached hydrogen (secondary N) is 1. The van der Waals surface area contributed by atoms with Crippen molar-refractivity contribution >= 4 is 32.8 Å². The third-order valence-corrected chi connectivity index (χ3v) is 3.19. The van der Waals surface area contributed by atoms with Gasteiger partial charge < -0.3 is 14.5 Å². The number of carbonyl (C=O) groups excluding carboxylic acids is 1. The zero-order chi connectivity index (χ0) is 14.4. The van der Waals surface area contributed by atoms with E-state index < -0.39 is 0 Å². The van der Waals surface area contributed by atoms with Gasteiger partial charge in [-0.2, -0.15) is 0 Å². The van der Waals surface area contributed by atoms with Gasteiger partial charge in [-0.3, -0.25) is 4.79 Å². The first-order valence-electron chi connectivity index (χ1n) is 6.63. The SMILES string of the molecule is Cc1ccc2oc(C(=O)NCCCOCCBr)cc2c1. The Bertz CT molecular complexity index is 580. The maximum Gasteiger partial charge on any atom is 0.287 e. The van der Waals surface area contributed by atoms with Crippen molar-refractivity contribution in [2.24, 2.45) is 0 Å². The highest BCUT2D eigenvalue weighted by atomic mass is 79.9. The molecule has 0 saturated heterocycles. The molecular formula is C15H18BrNO3. The van der Waals surface area contributed by atoms with Gasteiger partial charge in [-0.15, -0.1) is 0 Å². The molecule has 0 aliphatic rings. The van der Waals surface area contributed by atoms with Crippen LogP contribution in [-0.4, -0.2) is 31.0 Å². The summed E-state index contributed by atoms with van der Waals surface area (Å²) in [6, 6.07) is 7.63. The Labute approximate surface area is 126 Å². The molecule has 2 rings (SSSR count). The van der Waals surface area contributed by atoms with Crippen molar-refractivity contribution in [1.82, 2.24) is 5.32 Å². The van der Waals surface area contributed by atoms with E-state index in [9.17, 15) is 4.79 Å². The van der Waals surface area contributed by atoms with Crippen molar-refractivity contribution in [2.45, 2.75) is 13.3 Å². The number of alkyl halides is 1. The summed E-state index contributed by atoms with van der Waals surface area (Å²) >= 11 is 3.29. The van der Waals surface area contributed by atoms with E-state index in [-0.39, 0.29) is 5.91 Å². The quantitative estimate of drug-likeness (QED) is 0.622. The van der Waals surface area contributed by atoms with E-state index in [4.69, 9.17) is 9.15 Å². The molecule has 0 fully saturated rings. The normalized spacial score (nSPS) is 10.9. The second-order valence-electron chi connectivity index (χ2n) is 4.56. The molecule has 4 nitrogen and oxygen atoms in total. The highest BCUT2D eigenvalue weighted by Crippen LogP contribution is 2.20. The Morgan fingerprint density at radius 1 is 1.35 bits per heavy atom. The standard InChI is InChI=1S/C15H18BrNO3/c1-11-3-4-13-12(9-11)10-14(20-13)15(18)17-6-2-7-19-8-5-16/h3-4,9-10H,2,5-8H2,1H3,(H,17,18). The zero-order valence-electron chi connectivity index (χ0n) is 11.4. The summed E-state index contributed by atoms with van der Waals surface area (Å²) in [7, 11) is 0. The average Bonchev–Trinajstić information content (AvgIpc) is 2.85. The lowest BCUT2D eigenvalue weighted by Gasteiger charge is -2.03. The number of carbonyl (C=O) groups is 1. The second-order valence-corrected chi connectivity index (χ2v) is 5.36. The number of furan rings is 1. The van der Waals surface area contributed by atoms with Crippen LogP contribution >= 0.6 is 15.9 Å². The first-order chi connectivity index (χ1) is 9.70. The third kappa shape index (κ3) is 4.08. The molecule has 0 radical (unpaired) electrons. The lowest BCUT2D eigenvalue weighted by Crippen LogP contribution is -2.24. The number of ether oxygens (including phenoxy) is 1. The second kappa shape index (κ2) is 7.45. The number of halogens is 1. The van der Waals surface area contributed by atoms with Gasteiger partial charge in [-0.1, -0.05) is 27.6 Å². The summed E-state index contributed by atoms with van der Waals surface area (Å²) in [5, 5.41) is 4.61. The van der Waals surface area contributed by atoms with Crippen LogP contribution in [0, 0.1) is 6.92 Å². The number of hydrogen-bond donors (Lipinski definition) is 1. The molecule has 1 amide bonds. The monoisotopic (exact) mass is 339 g/mol. The van der Waals surface area contributed by atoms with Crippen molar-refractivity contribution < 1.29 is 13.9 Å². The predicted molar refractivity (Wildman–Crippen MR) is 82.5 cm³/mol. The lowest BCUT2D eigenvalue weighted by molar-refractivity contribution is 0.0919. The molecule has 0 unspecified atom stereocenters. The van der Waals surface area contributed by atoms with Crippen LogP contribution in [-0.2, 0) is 4.74 Å². The Balaban J connectivity index is 1.85. The molecule has 1 N–H and O–H groups in total. The number of benzene rings is 1. The van der Waals surface area contributed by atoms with Crippen LogP contribution in [0.25, 0.3) is 11.0 Å². The number of aryl methyl sites for hydroxylation is 1. The van der Waals surface area contributed by atoms with E-state index in [0.29, 0.717) is 25.5 Å². The minimum absolute atomic E-state index is 0.181. The van der Waals surface area contributed by atoms with E-state index in [1.807, 2.05) is 25.1 Å². The third-order valence-electron chi connectivity index (χ3n) is 2.87. The fraction of sp³-hybridized carbons (Fsp3) is 0.400. The summed E-state index contributed by atoms with van der Waals surface area (Å²) in [4.78, 5) is 11.9. The zero-order valence-corrected chi connectivity index (χ0v) is 13.0. The van der Waals surface area contributed by atoms with E-state index in [0.717, 1.165) is 28.3 Å². The van der Waals surface area contributed by atoms with E-state index >= 15 is 0 Å². The summed E-state index contributed by atoms with van der Waals surface area (Å²) in [6.07, 6.45) is 0.790. The summed E-state index contributed by atoms with van der Waals surface area (Å²) < 4.78 is 10.8. The van der Waals surface area contributed by atoms with E-state index in [1.165, 1.54) is 0 Å². The fourth-order valence-corrected chi connectivity index (χ4v) is 2.12. The minimum Gasteiger partial charge on any atom is -0.451 e. The molecule has 0 aliphatic heterocycles. The molecule has 1 aromatic carbocycles. The van der Waals surface area contributed by atoms with E-state index in [2.05, 4.69) is 21.2 Å². The van der Waals surface area contributed by atoms with Crippen molar-refractivity contribution in [3.63, 3.8) is 0 Å². The fourth-order valence-electron chi connectivity index (χ4n) is 1.89. The molecule has 108 valence electrons. The van der Waals surface area contributed by atoms with Crippen LogP contribution in [0.2, 0.25) is 0 Å². The largest absolute Gasteiger partial charge is 0.451 e. The Morgan fingerprint density at radius 3 is 3.00 bits per heavy atom. The van der Waals surface area contributed by atoms with Crippen LogP contribution in [0.15, 0.2) is 28.7 Å². The average molecular weight is 340 g/mol. The maximum absolute atomic E-state index is 11.9. The minimum atomic E-state index is -0.181. The summed E-state index contributed by atoms with van der Waals surface area (Å²) in [5.74, 6) is 0.173. The van der Waals surface area contributed by atoms with Gasteiger partial charge >= 0.3 is 0 Å². The highest BCUT2D eigenvalue weighted by Gasteiger charge is 2.11. The van der Waals surface area contributed by atoms with Gasteiger partial charge in [0, 0.05) is 23.9 Å². The Kier molecular flexibility index (Phi) is 5.61. The molecule has 0 bridgehead atoms. The molecule has 5 heteroatoms. The lowest BCUT2D eigenvalue weighted by atomic mass is 10.2. The number of fused-ring (bicyclic) bond motifs is 1. The molecule has 0 atom stereocenters. The molecule has 1 heterocycles. The van der Waals surface area contributed by atoms with Crippen LogP contribution in [0.4, 0.5) is 0 Å². The maximum atomic E-state index is 11.9.